The van der Waals surface area contributed by atoms with Crippen LogP contribution >= 0.6 is 0 Å². The normalized spacial score (nSPS) is 12.0. The zero-order valence-electron chi connectivity index (χ0n) is 22.8. The molecule has 0 fully saturated rings. The second-order valence-corrected chi connectivity index (χ2v) is 11.0. The molecule has 0 saturated carbocycles. The Hall–Kier alpha value is -1.76. The average molecular weight is 451 g/mol. The molecule has 0 aliphatic heterocycles. The Kier molecular flexibility index (Phi) is 10.5. The maximum absolute atomic E-state index is 11.9. The maximum Gasteiger partial charge on any atom is 0.127 e. The predicted octanol–water partition coefficient (Wildman–Crippen LogP) is 10.1. The number of rotatable bonds is 13. The summed E-state index contributed by atoms with van der Waals surface area (Å²) in [5.74, 6) is 0.542. The fraction of sp³-hybridized carbons (Fsp3) is 0.625. The van der Waals surface area contributed by atoms with Crippen molar-refractivity contribution >= 4 is 16.3 Å². The van der Waals surface area contributed by atoms with Crippen LogP contribution in [0.1, 0.15) is 134 Å². The fourth-order valence-corrected chi connectivity index (χ4v) is 5.30. The molecular formula is C32H50O. The molecule has 184 valence electrons. The molecule has 0 radical (unpaired) electrons. The number of aryl methyl sites for hydroxylation is 2. The number of phenols is 1. The van der Waals surface area contributed by atoms with Gasteiger partial charge in [-0.3, -0.25) is 0 Å². The van der Waals surface area contributed by atoms with Gasteiger partial charge in [-0.15, -0.1) is 0 Å². The van der Waals surface area contributed by atoms with E-state index in [2.05, 4.69) is 67.2 Å². The summed E-state index contributed by atoms with van der Waals surface area (Å²) < 4.78 is 0. The van der Waals surface area contributed by atoms with E-state index in [9.17, 15) is 5.11 Å². The van der Waals surface area contributed by atoms with Crippen LogP contribution in [-0.4, -0.2) is 5.11 Å². The molecule has 0 bridgehead atoms. The van der Waals surface area contributed by atoms with Crippen LogP contribution in [-0.2, 0) is 24.7 Å². The number of hydrogen-bond acceptors (Lipinski definition) is 1. The molecule has 0 saturated heterocycles. The zero-order valence-corrected chi connectivity index (χ0v) is 22.8. The van der Waals surface area contributed by atoms with E-state index in [4.69, 9.17) is 0 Å². The van der Waals surface area contributed by atoms with Crippen LogP contribution in [0.15, 0.2) is 18.7 Å². The molecule has 0 spiro atoms. The first kappa shape index (κ1) is 27.5. The molecule has 0 atom stereocenters. The minimum absolute atomic E-state index is 0.122. The molecular weight excluding hydrogens is 400 g/mol. The Morgan fingerprint density at radius 3 is 1.88 bits per heavy atom. The van der Waals surface area contributed by atoms with Gasteiger partial charge in [0.2, 0.25) is 0 Å². The summed E-state index contributed by atoms with van der Waals surface area (Å²) in [6, 6.07) is 4.67. The highest BCUT2D eigenvalue weighted by atomic mass is 16.3. The van der Waals surface area contributed by atoms with Crippen molar-refractivity contribution in [1.29, 1.82) is 0 Å². The lowest BCUT2D eigenvalue weighted by Crippen LogP contribution is -2.17. The van der Waals surface area contributed by atoms with Gasteiger partial charge in [-0.2, -0.15) is 0 Å². The number of hydrogen-bond donors (Lipinski definition) is 1. The highest BCUT2D eigenvalue weighted by Gasteiger charge is 2.29. The molecule has 1 nitrogen and oxygen atoms in total. The Balaban J connectivity index is 3.00. The second kappa shape index (κ2) is 12.6. The van der Waals surface area contributed by atoms with Gasteiger partial charge < -0.3 is 5.11 Å². The lowest BCUT2D eigenvalue weighted by Gasteiger charge is -2.30. The minimum Gasteiger partial charge on any atom is -0.507 e. The summed E-state index contributed by atoms with van der Waals surface area (Å²) in [5, 5.41) is 14.3. The zero-order chi connectivity index (χ0) is 24.6. The summed E-state index contributed by atoms with van der Waals surface area (Å²) in [5.41, 5.74) is 7.79. The van der Waals surface area contributed by atoms with E-state index >= 15 is 0 Å². The Labute approximate surface area is 204 Å². The molecule has 1 heteroatoms. The summed E-state index contributed by atoms with van der Waals surface area (Å²) in [6.07, 6.45) is 13.5. The quantitative estimate of drug-likeness (QED) is 0.322. The second-order valence-electron chi connectivity index (χ2n) is 11.0. The number of benzene rings is 2. The Bertz CT molecular complexity index is 926. The van der Waals surface area contributed by atoms with E-state index in [1.54, 1.807) is 0 Å². The number of fused-ring (bicyclic) bond motifs is 1. The van der Waals surface area contributed by atoms with E-state index in [1.165, 1.54) is 58.9 Å². The van der Waals surface area contributed by atoms with Crippen LogP contribution in [0.4, 0.5) is 0 Å². The molecule has 2 rings (SSSR count). The summed E-state index contributed by atoms with van der Waals surface area (Å²) in [7, 11) is 0. The Morgan fingerprint density at radius 2 is 1.33 bits per heavy atom. The summed E-state index contributed by atoms with van der Waals surface area (Å²) in [4.78, 5) is 0. The van der Waals surface area contributed by atoms with Crippen molar-refractivity contribution in [1.82, 2.24) is 0 Å². The van der Waals surface area contributed by atoms with Gasteiger partial charge in [0.05, 0.1) is 0 Å². The number of aromatic hydroxyl groups is 1. The molecule has 0 heterocycles. The predicted molar refractivity (Wildman–Crippen MR) is 149 cm³/mol. The molecule has 0 aliphatic carbocycles. The SMILES string of the molecule is C=C(CCCC)c1c(CCCC)c(C(C)(C)C)c(O)c2c(CCCC)c(CCCC)ccc12. The topological polar surface area (TPSA) is 20.2 Å². The van der Waals surface area contributed by atoms with Gasteiger partial charge in [-0.1, -0.05) is 92.9 Å². The first-order chi connectivity index (χ1) is 15.7. The van der Waals surface area contributed by atoms with E-state index < -0.39 is 0 Å². The molecule has 0 amide bonds. The first-order valence-electron chi connectivity index (χ1n) is 13.7. The number of allylic oxidation sites excluding steroid dienone is 1. The van der Waals surface area contributed by atoms with Crippen LogP contribution in [0.25, 0.3) is 16.3 Å². The average Bonchev–Trinajstić information content (AvgIpc) is 2.77. The molecule has 33 heavy (non-hydrogen) atoms. The van der Waals surface area contributed by atoms with Crippen LogP contribution in [0.3, 0.4) is 0 Å². The van der Waals surface area contributed by atoms with Gasteiger partial charge in [-0.05, 0) is 90.0 Å². The van der Waals surface area contributed by atoms with Crippen LogP contribution < -0.4 is 0 Å². The van der Waals surface area contributed by atoms with Crippen molar-refractivity contribution < 1.29 is 5.11 Å². The van der Waals surface area contributed by atoms with Crippen molar-refractivity contribution in [2.45, 2.75) is 131 Å². The van der Waals surface area contributed by atoms with Gasteiger partial charge in [0.25, 0.3) is 0 Å². The molecule has 2 aromatic rings. The molecule has 0 aromatic heterocycles. The van der Waals surface area contributed by atoms with Crippen LogP contribution in [0, 0.1) is 0 Å². The van der Waals surface area contributed by atoms with Crippen molar-refractivity contribution in [3.63, 3.8) is 0 Å². The third-order valence-corrected chi connectivity index (χ3v) is 7.05. The third kappa shape index (κ3) is 6.43. The fourth-order valence-electron chi connectivity index (χ4n) is 5.30. The summed E-state index contributed by atoms with van der Waals surface area (Å²) >= 11 is 0. The lowest BCUT2D eigenvalue weighted by molar-refractivity contribution is 0.449. The monoisotopic (exact) mass is 450 g/mol. The van der Waals surface area contributed by atoms with E-state index in [0.29, 0.717) is 5.75 Å². The van der Waals surface area contributed by atoms with Gasteiger partial charge in [0, 0.05) is 10.9 Å². The van der Waals surface area contributed by atoms with Crippen molar-refractivity contribution in [2.75, 3.05) is 0 Å². The lowest BCUT2D eigenvalue weighted by atomic mass is 9.75. The van der Waals surface area contributed by atoms with Crippen LogP contribution in [0.2, 0.25) is 0 Å². The molecule has 0 aliphatic rings. The minimum atomic E-state index is -0.122. The smallest absolute Gasteiger partial charge is 0.127 e. The van der Waals surface area contributed by atoms with E-state index in [0.717, 1.165) is 62.3 Å². The highest BCUT2D eigenvalue weighted by molar-refractivity contribution is 6.02. The molecule has 2 aromatic carbocycles. The van der Waals surface area contributed by atoms with Crippen molar-refractivity contribution in [3.8, 4) is 5.75 Å². The number of unbranched alkanes of at least 4 members (excludes halogenated alkanes) is 4. The van der Waals surface area contributed by atoms with Crippen LogP contribution in [0.5, 0.6) is 5.75 Å². The van der Waals surface area contributed by atoms with Gasteiger partial charge in [-0.25, -0.2) is 0 Å². The van der Waals surface area contributed by atoms with Gasteiger partial charge >= 0.3 is 0 Å². The molecule has 1 N–H and O–H groups in total. The van der Waals surface area contributed by atoms with Gasteiger partial charge in [0.15, 0.2) is 0 Å². The van der Waals surface area contributed by atoms with E-state index in [1.807, 2.05) is 0 Å². The van der Waals surface area contributed by atoms with Crippen molar-refractivity contribution in [3.05, 3.63) is 46.5 Å². The van der Waals surface area contributed by atoms with E-state index in [-0.39, 0.29) is 5.41 Å². The Morgan fingerprint density at radius 1 is 0.788 bits per heavy atom. The maximum atomic E-state index is 11.9. The molecule has 0 unspecified atom stereocenters. The van der Waals surface area contributed by atoms with Gasteiger partial charge in [0.1, 0.15) is 5.75 Å². The summed E-state index contributed by atoms with van der Waals surface area (Å²) in [6.45, 7) is 20.4. The largest absolute Gasteiger partial charge is 0.507 e. The number of phenolic OH excluding ortho intramolecular Hbond substituents is 1. The highest BCUT2D eigenvalue weighted by Crippen LogP contribution is 2.47. The third-order valence-electron chi connectivity index (χ3n) is 7.05. The standard InChI is InChI=1S/C32H50O/c1-9-13-17-23(5)28-26-22-21-24(18-14-10-2)25(19-15-11-3)29(26)31(33)30(32(6,7)8)27(28)20-16-12-4/h21-22,33H,5,9-20H2,1-4,6-8H3. The first-order valence-corrected chi connectivity index (χ1v) is 13.7. The van der Waals surface area contributed by atoms with Crippen molar-refractivity contribution in [2.24, 2.45) is 0 Å².